The van der Waals surface area contributed by atoms with Crippen LogP contribution in [0.1, 0.15) is 40.0 Å². The molecule has 0 aliphatic heterocycles. The topological polar surface area (TPSA) is 15.3 Å². The maximum absolute atomic E-state index is 3.54. The van der Waals surface area contributed by atoms with Crippen LogP contribution in [0.3, 0.4) is 0 Å². The Morgan fingerprint density at radius 3 is 2.36 bits per heavy atom. The Morgan fingerprint density at radius 2 is 1.86 bits per heavy atom. The Hall–Kier alpha value is -0.0800. The summed E-state index contributed by atoms with van der Waals surface area (Å²) in [6, 6.07) is 0.853. The predicted molar refractivity (Wildman–Crippen MR) is 62.6 cm³/mol. The molecule has 1 rings (SSSR count). The van der Waals surface area contributed by atoms with E-state index in [0.29, 0.717) is 5.41 Å². The summed E-state index contributed by atoms with van der Waals surface area (Å²) >= 11 is 0. The normalized spacial score (nSPS) is 17.8. The van der Waals surface area contributed by atoms with Gasteiger partial charge in [0.25, 0.3) is 0 Å². The van der Waals surface area contributed by atoms with E-state index in [4.69, 9.17) is 0 Å². The van der Waals surface area contributed by atoms with Gasteiger partial charge in [0, 0.05) is 19.1 Å². The van der Waals surface area contributed by atoms with E-state index in [-0.39, 0.29) is 0 Å². The fourth-order valence-corrected chi connectivity index (χ4v) is 1.39. The first-order valence-electron chi connectivity index (χ1n) is 5.89. The third-order valence-electron chi connectivity index (χ3n) is 2.75. The van der Waals surface area contributed by atoms with Gasteiger partial charge < -0.3 is 10.2 Å². The van der Waals surface area contributed by atoms with E-state index >= 15 is 0 Å². The van der Waals surface area contributed by atoms with E-state index in [1.165, 1.54) is 32.4 Å². The van der Waals surface area contributed by atoms with Gasteiger partial charge >= 0.3 is 0 Å². The highest BCUT2D eigenvalue weighted by Crippen LogP contribution is 2.19. The van der Waals surface area contributed by atoms with E-state index in [1.54, 1.807) is 0 Å². The Kier molecular flexibility index (Phi) is 4.39. The van der Waals surface area contributed by atoms with Crippen LogP contribution in [0, 0.1) is 5.41 Å². The third-order valence-corrected chi connectivity index (χ3v) is 2.75. The van der Waals surface area contributed by atoms with Crippen molar-refractivity contribution in [1.82, 2.24) is 10.2 Å². The maximum atomic E-state index is 3.54. The fraction of sp³-hybridized carbons (Fsp3) is 1.00. The molecule has 1 fully saturated rings. The molecule has 0 aromatic rings. The fourth-order valence-electron chi connectivity index (χ4n) is 1.39. The first kappa shape index (κ1) is 12.0. The van der Waals surface area contributed by atoms with E-state index in [1.807, 2.05) is 0 Å². The highest BCUT2D eigenvalue weighted by Gasteiger charge is 2.19. The zero-order chi connectivity index (χ0) is 10.6. The average Bonchev–Trinajstić information content (AvgIpc) is 2.83. The lowest BCUT2D eigenvalue weighted by Crippen LogP contribution is -2.32. The standard InChI is InChI=1S/C12H26N2/c1-12(2,3)7-9-14(4)10-8-13-11-5-6-11/h11,13H,5-10H2,1-4H3. The lowest BCUT2D eigenvalue weighted by atomic mass is 9.92. The summed E-state index contributed by atoms with van der Waals surface area (Å²) in [6.07, 6.45) is 4.07. The second-order valence-corrected chi connectivity index (χ2v) is 5.84. The molecule has 1 aliphatic carbocycles. The predicted octanol–water partition coefficient (Wildman–Crippen LogP) is 2.11. The second-order valence-electron chi connectivity index (χ2n) is 5.84. The summed E-state index contributed by atoms with van der Waals surface area (Å²) in [5, 5.41) is 3.54. The van der Waals surface area contributed by atoms with Gasteiger partial charge in [-0.05, 0) is 38.3 Å². The van der Waals surface area contributed by atoms with E-state index < -0.39 is 0 Å². The Bertz CT molecular complexity index is 156. The molecule has 14 heavy (non-hydrogen) atoms. The smallest absolute Gasteiger partial charge is 0.0104 e. The van der Waals surface area contributed by atoms with Crippen molar-refractivity contribution in [2.24, 2.45) is 5.41 Å². The number of nitrogens with zero attached hydrogens (tertiary/aromatic N) is 1. The molecule has 1 N–H and O–H groups in total. The SMILES string of the molecule is CN(CCNC1CC1)CCC(C)(C)C. The third kappa shape index (κ3) is 6.39. The molecule has 2 nitrogen and oxygen atoms in total. The van der Waals surface area contributed by atoms with Gasteiger partial charge in [0.1, 0.15) is 0 Å². The van der Waals surface area contributed by atoms with Crippen molar-refractivity contribution in [3.05, 3.63) is 0 Å². The van der Waals surface area contributed by atoms with Crippen LogP contribution in [-0.4, -0.2) is 37.6 Å². The summed E-state index contributed by atoms with van der Waals surface area (Å²) in [7, 11) is 2.22. The average molecular weight is 198 g/mol. The van der Waals surface area contributed by atoms with Crippen LogP contribution in [-0.2, 0) is 0 Å². The number of rotatable bonds is 6. The van der Waals surface area contributed by atoms with Gasteiger partial charge in [0.05, 0.1) is 0 Å². The highest BCUT2D eigenvalue weighted by molar-refractivity contribution is 4.80. The molecular weight excluding hydrogens is 172 g/mol. The zero-order valence-corrected chi connectivity index (χ0v) is 10.3. The molecule has 0 bridgehead atoms. The summed E-state index contributed by atoms with van der Waals surface area (Å²) < 4.78 is 0. The largest absolute Gasteiger partial charge is 0.313 e. The molecule has 0 heterocycles. The number of hydrogen-bond donors (Lipinski definition) is 1. The Labute approximate surface area is 89.1 Å². The maximum Gasteiger partial charge on any atom is 0.0104 e. The molecular formula is C12H26N2. The van der Waals surface area contributed by atoms with E-state index in [0.717, 1.165) is 12.6 Å². The van der Waals surface area contributed by atoms with Crippen molar-refractivity contribution in [3.63, 3.8) is 0 Å². The van der Waals surface area contributed by atoms with Gasteiger partial charge in [-0.15, -0.1) is 0 Å². The van der Waals surface area contributed by atoms with Crippen molar-refractivity contribution >= 4 is 0 Å². The van der Waals surface area contributed by atoms with Crippen LogP contribution < -0.4 is 5.32 Å². The van der Waals surface area contributed by atoms with E-state index in [2.05, 4.69) is 38.0 Å². The quantitative estimate of drug-likeness (QED) is 0.703. The molecule has 84 valence electrons. The van der Waals surface area contributed by atoms with Crippen molar-refractivity contribution in [1.29, 1.82) is 0 Å². The highest BCUT2D eigenvalue weighted by atomic mass is 15.1. The van der Waals surface area contributed by atoms with Gasteiger partial charge in [0.2, 0.25) is 0 Å². The molecule has 0 amide bonds. The molecule has 1 aliphatic rings. The van der Waals surface area contributed by atoms with Gasteiger partial charge in [-0.2, -0.15) is 0 Å². The van der Waals surface area contributed by atoms with Crippen LogP contribution in [0.2, 0.25) is 0 Å². The monoisotopic (exact) mass is 198 g/mol. The molecule has 0 unspecified atom stereocenters. The molecule has 0 saturated heterocycles. The van der Waals surface area contributed by atoms with Crippen LogP contribution in [0.25, 0.3) is 0 Å². The number of nitrogens with one attached hydrogen (secondary N) is 1. The van der Waals surface area contributed by atoms with Crippen LogP contribution >= 0.6 is 0 Å². The van der Waals surface area contributed by atoms with Crippen LogP contribution in [0.5, 0.6) is 0 Å². The van der Waals surface area contributed by atoms with E-state index in [9.17, 15) is 0 Å². The van der Waals surface area contributed by atoms with Gasteiger partial charge in [0.15, 0.2) is 0 Å². The van der Waals surface area contributed by atoms with Crippen LogP contribution in [0.15, 0.2) is 0 Å². The summed E-state index contributed by atoms with van der Waals surface area (Å²) in [4.78, 5) is 2.43. The summed E-state index contributed by atoms with van der Waals surface area (Å²) in [5.74, 6) is 0. The molecule has 1 saturated carbocycles. The molecule has 0 atom stereocenters. The lowest BCUT2D eigenvalue weighted by Gasteiger charge is -2.23. The van der Waals surface area contributed by atoms with Gasteiger partial charge in [-0.1, -0.05) is 20.8 Å². The first-order valence-corrected chi connectivity index (χ1v) is 5.89. The Morgan fingerprint density at radius 1 is 1.21 bits per heavy atom. The van der Waals surface area contributed by atoms with Crippen molar-refractivity contribution in [2.75, 3.05) is 26.7 Å². The summed E-state index contributed by atoms with van der Waals surface area (Å²) in [6.45, 7) is 10.5. The molecule has 0 spiro atoms. The minimum Gasteiger partial charge on any atom is -0.313 e. The number of hydrogen-bond acceptors (Lipinski definition) is 2. The lowest BCUT2D eigenvalue weighted by molar-refractivity contribution is 0.264. The minimum atomic E-state index is 0.470. The summed E-state index contributed by atoms with van der Waals surface area (Å²) in [5.41, 5.74) is 0.470. The first-order chi connectivity index (χ1) is 6.47. The molecule has 2 heteroatoms. The Balaban J connectivity index is 1.94. The number of likely N-dealkylation sites (N-methyl/N-ethyl adjacent to an activating group) is 1. The van der Waals surface area contributed by atoms with Crippen LogP contribution in [0.4, 0.5) is 0 Å². The van der Waals surface area contributed by atoms with Crippen molar-refractivity contribution in [2.45, 2.75) is 46.1 Å². The second kappa shape index (κ2) is 5.13. The van der Waals surface area contributed by atoms with Crippen molar-refractivity contribution in [3.8, 4) is 0 Å². The van der Waals surface area contributed by atoms with Gasteiger partial charge in [-0.3, -0.25) is 0 Å². The zero-order valence-electron chi connectivity index (χ0n) is 10.3. The van der Waals surface area contributed by atoms with Gasteiger partial charge in [-0.25, -0.2) is 0 Å². The molecule has 0 aromatic carbocycles. The minimum absolute atomic E-state index is 0.470. The molecule has 0 aromatic heterocycles. The van der Waals surface area contributed by atoms with Crippen molar-refractivity contribution < 1.29 is 0 Å². The molecule has 0 radical (unpaired) electrons.